The Hall–Kier alpha value is -4.24. The SMILES string of the molecule is COC(=O)N1C[C@@H]2C(Nc3cc(-c4ccc5cc(C#N)cnn45)ncc3C(=O)NCC(F)C(C)(C)O)[C@@H]2C1. The molecule has 0 bridgehead atoms. The van der Waals surface area contributed by atoms with Crippen molar-refractivity contribution in [3.05, 3.63) is 47.8 Å². The number of hydrogen-bond acceptors (Lipinski definition) is 8. The fourth-order valence-electron chi connectivity index (χ4n) is 4.88. The zero-order valence-electron chi connectivity index (χ0n) is 21.2. The number of fused-ring (bicyclic) bond motifs is 2. The number of alkyl halides is 1. The molecule has 38 heavy (non-hydrogen) atoms. The molecule has 3 N–H and O–H groups in total. The number of aliphatic hydroxyl groups is 1. The Kier molecular flexibility index (Phi) is 6.40. The van der Waals surface area contributed by atoms with Gasteiger partial charge in [-0.1, -0.05) is 0 Å². The lowest BCUT2D eigenvalue weighted by atomic mass is 10.0. The molecule has 4 heterocycles. The van der Waals surface area contributed by atoms with Gasteiger partial charge in [0.25, 0.3) is 5.91 Å². The molecule has 0 aromatic carbocycles. The first-order valence-corrected chi connectivity index (χ1v) is 12.2. The standard InChI is InChI=1S/C26H28FN7O4/c1-26(2,37)22(27)11-30-24(35)16-10-29-20(21-5-4-15-6-14(8-28)9-31-34(15)21)7-19(16)32-23-17-12-33(13-18(17)23)25(36)38-3/h4-7,9-10,17-18,22-23,37H,11-13H2,1-3H3,(H,29,32)(H,30,35)/t17-,18+,22?,23?. The second-order valence-electron chi connectivity index (χ2n) is 10.2. The van der Waals surface area contributed by atoms with Crippen LogP contribution in [0.1, 0.15) is 29.8 Å². The predicted molar refractivity (Wildman–Crippen MR) is 135 cm³/mol. The highest BCUT2D eigenvalue weighted by molar-refractivity contribution is 6.00. The minimum atomic E-state index is -1.65. The molecule has 2 aliphatic rings. The summed E-state index contributed by atoms with van der Waals surface area (Å²) >= 11 is 0. The molecule has 1 saturated heterocycles. The molecule has 4 atom stereocenters. The lowest BCUT2D eigenvalue weighted by molar-refractivity contribution is -0.00177. The first kappa shape index (κ1) is 25.4. The van der Waals surface area contributed by atoms with Crippen LogP contribution in [0.2, 0.25) is 0 Å². The Morgan fingerprint density at radius 1 is 1.29 bits per heavy atom. The van der Waals surface area contributed by atoms with Crippen LogP contribution in [0, 0.1) is 23.2 Å². The molecule has 3 aromatic heterocycles. The number of likely N-dealkylation sites (tertiary alicyclic amines) is 1. The van der Waals surface area contributed by atoms with Crippen LogP contribution in [-0.2, 0) is 4.74 Å². The number of carbonyl (C=O) groups excluding carboxylic acids is 2. The molecule has 3 aromatic rings. The molecule has 1 aliphatic heterocycles. The first-order chi connectivity index (χ1) is 18.1. The highest BCUT2D eigenvalue weighted by Gasteiger charge is 2.57. The normalized spacial score (nSPS) is 20.9. The van der Waals surface area contributed by atoms with Crippen LogP contribution in [0.3, 0.4) is 0 Å². The minimum Gasteiger partial charge on any atom is -0.453 e. The summed E-state index contributed by atoms with van der Waals surface area (Å²) in [6, 6.07) is 9.22. The molecular weight excluding hydrogens is 493 g/mol. The highest BCUT2D eigenvalue weighted by atomic mass is 19.1. The van der Waals surface area contributed by atoms with Gasteiger partial charge >= 0.3 is 6.09 Å². The van der Waals surface area contributed by atoms with Gasteiger partial charge < -0.3 is 25.4 Å². The van der Waals surface area contributed by atoms with Gasteiger partial charge in [0.1, 0.15) is 12.2 Å². The molecule has 5 rings (SSSR count). The lowest BCUT2D eigenvalue weighted by Crippen LogP contribution is -2.42. The van der Waals surface area contributed by atoms with Crippen molar-refractivity contribution in [2.45, 2.75) is 31.7 Å². The molecule has 198 valence electrons. The largest absolute Gasteiger partial charge is 0.453 e. The van der Waals surface area contributed by atoms with E-state index in [-0.39, 0.29) is 36.1 Å². The second-order valence-corrected chi connectivity index (χ2v) is 10.2. The maximum Gasteiger partial charge on any atom is 0.409 e. The average molecular weight is 522 g/mol. The van der Waals surface area contributed by atoms with E-state index in [0.717, 1.165) is 5.52 Å². The fourth-order valence-corrected chi connectivity index (χ4v) is 4.88. The minimum absolute atomic E-state index is 0.0448. The topological polar surface area (TPSA) is 145 Å². The number of pyridine rings is 1. The molecular formula is C26H28FN7O4. The number of nitriles is 1. The summed E-state index contributed by atoms with van der Waals surface area (Å²) in [6.07, 6.45) is 0.874. The van der Waals surface area contributed by atoms with E-state index in [9.17, 15) is 19.1 Å². The number of halogens is 1. The van der Waals surface area contributed by atoms with Crippen molar-refractivity contribution in [1.29, 1.82) is 5.26 Å². The smallest absolute Gasteiger partial charge is 0.409 e. The maximum absolute atomic E-state index is 14.3. The molecule has 0 spiro atoms. The summed E-state index contributed by atoms with van der Waals surface area (Å²) in [5, 5.41) is 29.3. The lowest BCUT2D eigenvalue weighted by Gasteiger charge is -2.23. The molecule has 2 fully saturated rings. The van der Waals surface area contributed by atoms with E-state index in [1.54, 1.807) is 21.5 Å². The summed E-state index contributed by atoms with van der Waals surface area (Å²) in [5.74, 6) is -0.100. The Bertz CT molecular complexity index is 1430. The molecule has 0 radical (unpaired) electrons. The number of amides is 2. The van der Waals surface area contributed by atoms with Gasteiger partial charge in [0, 0.05) is 37.2 Å². The summed E-state index contributed by atoms with van der Waals surface area (Å²) in [6.45, 7) is 3.43. The van der Waals surface area contributed by atoms with Crippen LogP contribution in [-0.4, -0.2) is 81.2 Å². The fraction of sp³-hybridized carbons (Fsp3) is 0.423. The zero-order valence-corrected chi connectivity index (χ0v) is 21.2. The number of nitrogens with zero attached hydrogens (tertiary/aromatic N) is 5. The van der Waals surface area contributed by atoms with Crippen LogP contribution in [0.4, 0.5) is 14.9 Å². The van der Waals surface area contributed by atoms with E-state index in [1.807, 2.05) is 12.1 Å². The quantitative estimate of drug-likeness (QED) is 0.429. The van der Waals surface area contributed by atoms with Gasteiger partial charge in [0.05, 0.1) is 59.2 Å². The summed E-state index contributed by atoms with van der Waals surface area (Å²) in [7, 11) is 1.35. The van der Waals surface area contributed by atoms with E-state index in [0.29, 0.717) is 35.7 Å². The van der Waals surface area contributed by atoms with Gasteiger partial charge in [-0.05, 0) is 38.1 Å². The summed E-state index contributed by atoms with van der Waals surface area (Å²) < 4.78 is 20.7. The Balaban J connectivity index is 1.42. The zero-order chi connectivity index (χ0) is 27.2. The third-order valence-electron chi connectivity index (χ3n) is 7.20. The third-order valence-corrected chi connectivity index (χ3v) is 7.20. The van der Waals surface area contributed by atoms with E-state index >= 15 is 0 Å². The van der Waals surface area contributed by atoms with E-state index in [1.165, 1.54) is 33.4 Å². The molecule has 1 aliphatic carbocycles. The maximum atomic E-state index is 14.3. The number of hydrogen-bond donors (Lipinski definition) is 3. The van der Waals surface area contributed by atoms with Gasteiger partial charge in [0.15, 0.2) is 0 Å². The molecule has 2 unspecified atom stereocenters. The number of rotatable bonds is 7. The van der Waals surface area contributed by atoms with Crippen LogP contribution in [0.5, 0.6) is 0 Å². The van der Waals surface area contributed by atoms with E-state index in [4.69, 9.17) is 10.00 Å². The van der Waals surface area contributed by atoms with E-state index in [2.05, 4.69) is 26.8 Å². The number of aromatic nitrogens is 3. The molecule has 2 amide bonds. The predicted octanol–water partition coefficient (Wildman–Crippen LogP) is 2.22. The Labute approximate surface area is 218 Å². The van der Waals surface area contributed by atoms with E-state index < -0.39 is 17.7 Å². The van der Waals surface area contributed by atoms with Crippen molar-refractivity contribution in [3.8, 4) is 17.5 Å². The van der Waals surface area contributed by atoms with Crippen LogP contribution in [0.25, 0.3) is 16.9 Å². The van der Waals surface area contributed by atoms with Gasteiger partial charge in [-0.25, -0.2) is 13.7 Å². The average Bonchev–Trinajstić information content (AvgIpc) is 3.24. The molecule has 11 nitrogen and oxygen atoms in total. The van der Waals surface area contributed by atoms with Crippen molar-refractivity contribution >= 4 is 23.2 Å². The number of ether oxygens (including phenoxy) is 1. The van der Waals surface area contributed by atoms with Crippen molar-refractivity contribution < 1.29 is 23.8 Å². The van der Waals surface area contributed by atoms with Crippen molar-refractivity contribution in [2.24, 2.45) is 11.8 Å². The number of nitrogens with one attached hydrogen (secondary N) is 2. The molecule has 12 heteroatoms. The summed E-state index contributed by atoms with van der Waals surface area (Å²) in [4.78, 5) is 31.0. The van der Waals surface area contributed by atoms with Crippen molar-refractivity contribution in [1.82, 2.24) is 24.8 Å². The van der Waals surface area contributed by atoms with Crippen molar-refractivity contribution in [2.75, 3.05) is 32.1 Å². The number of carbonyl (C=O) groups is 2. The van der Waals surface area contributed by atoms with Gasteiger partial charge in [0.2, 0.25) is 0 Å². The monoisotopic (exact) mass is 521 g/mol. The second kappa shape index (κ2) is 9.57. The number of methoxy groups -OCH3 is 1. The first-order valence-electron chi connectivity index (χ1n) is 12.2. The summed E-state index contributed by atoms with van der Waals surface area (Å²) in [5.41, 5.74) is 1.51. The van der Waals surface area contributed by atoms with Crippen LogP contribution in [0.15, 0.2) is 36.7 Å². The van der Waals surface area contributed by atoms with Crippen LogP contribution >= 0.6 is 0 Å². The Morgan fingerprint density at radius 2 is 2.03 bits per heavy atom. The number of piperidine rings is 1. The van der Waals surface area contributed by atoms with Gasteiger partial charge in [-0.3, -0.25) is 9.78 Å². The highest BCUT2D eigenvalue weighted by Crippen LogP contribution is 2.47. The Morgan fingerprint density at radius 3 is 2.68 bits per heavy atom. The molecule has 1 saturated carbocycles. The number of anilines is 1. The third kappa shape index (κ3) is 4.72. The van der Waals surface area contributed by atoms with Gasteiger partial charge in [-0.2, -0.15) is 10.4 Å². The van der Waals surface area contributed by atoms with Gasteiger partial charge in [-0.15, -0.1) is 0 Å². The van der Waals surface area contributed by atoms with Crippen LogP contribution < -0.4 is 10.6 Å². The van der Waals surface area contributed by atoms with Crippen molar-refractivity contribution in [3.63, 3.8) is 0 Å².